The quantitative estimate of drug-likeness (QED) is 0.700. The van der Waals surface area contributed by atoms with Crippen molar-refractivity contribution in [3.63, 3.8) is 0 Å². The number of hydrogen-bond donors (Lipinski definition) is 1. The van der Waals surface area contributed by atoms with Gasteiger partial charge in [-0.3, -0.25) is 9.59 Å². The van der Waals surface area contributed by atoms with Crippen LogP contribution in [0.25, 0.3) is 0 Å². The van der Waals surface area contributed by atoms with Crippen molar-refractivity contribution in [1.82, 2.24) is 10.2 Å². The minimum atomic E-state index is 0.0189. The Morgan fingerprint density at radius 3 is 2.94 bits per heavy atom. The van der Waals surface area contributed by atoms with Gasteiger partial charge in [0.1, 0.15) is 0 Å². The summed E-state index contributed by atoms with van der Waals surface area (Å²) in [6.07, 6.45) is 5.62. The number of amides is 2. The molecule has 2 aliphatic rings. The highest BCUT2D eigenvalue weighted by Crippen LogP contribution is 2.30. The highest BCUT2D eigenvalue weighted by molar-refractivity contribution is 5.82. The zero-order chi connectivity index (χ0) is 11.5. The van der Waals surface area contributed by atoms with Crippen LogP contribution in [-0.4, -0.2) is 35.3 Å². The van der Waals surface area contributed by atoms with Gasteiger partial charge in [0.2, 0.25) is 11.8 Å². The van der Waals surface area contributed by atoms with Crippen LogP contribution < -0.4 is 5.32 Å². The molecule has 0 aromatic heterocycles. The van der Waals surface area contributed by atoms with E-state index in [1.807, 2.05) is 4.90 Å². The average molecular weight is 222 g/mol. The molecule has 0 spiro atoms. The van der Waals surface area contributed by atoms with Crippen molar-refractivity contribution in [2.24, 2.45) is 0 Å². The van der Waals surface area contributed by atoms with E-state index in [9.17, 15) is 9.59 Å². The van der Waals surface area contributed by atoms with Gasteiger partial charge in [0, 0.05) is 25.4 Å². The number of carbonyl (C=O) groups is 2. The van der Waals surface area contributed by atoms with Crippen molar-refractivity contribution in [3.05, 3.63) is 12.7 Å². The zero-order valence-corrected chi connectivity index (χ0v) is 9.45. The van der Waals surface area contributed by atoms with E-state index < -0.39 is 0 Å². The van der Waals surface area contributed by atoms with Gasteiger partial charge in [0.05, 0.1) is 6.04 Å². The van der Waals surface area contributed by atoms with E-state index in [1.54, 1.807) is 6.08 Å². The van der Waals surface area contributed by atoms with Gasteiger partial charge in [0.15, 0.2) is 0 Å². The second-order valence-electron chi connectivity index (χ2n) is 4.57. The smallest absolute Gasteiger partial charge is 0.225 e. The van der Waals surface area contributed by atoms with E-state index in [-0.39, 0.29) is 17.9 Å². The minimum absolute atomic E-state index is 0.0189. The number of hydrogen-bond acceptors (Lipinski definition) is 2. The Bertz CT molecular complexity index is 310. The van der Waals surface area contributed by atoms with Gasteiger partial charge < -0.3 is 10.2 Å². The minimum Gasteiger partial charge on any atom is -0.351 e. The third-order valence-electron chi connectivity index (χ3n) is 3.09. The lowest BCUT2D eigenvalue weighted by Crippen LogP contribution is -2.37. The summed E-state index contributed by atoms with van der Waals surface area (Å²) >= 11 is 0. The van der Waals surface area contributed by atoms with Crippen molar-refractivity contribution in [2.75, 3.05) is 6.54 Å². The number of nitrogens with one attached hydrogen (secondary N) is 1. The van der Waals surface area contributed by atoms with Crippen LogP contribution >= 0.6 is 0 Å². The summed E-state index contributed by atoms with van der Waals surface area (Å²) in [7, 11) is 0. The van der Waals surface area contributed by atoms with Crippen LogP contribution in [-0.2, 0) is 9.59 Å². The fraction of sp³-hybridized carbons (Fsp3) is 0.667. The van der Waals surface area contributed by atoms with Crippen LogP contribution in [0.5, 0.6) is 0 Å². The number of rotatable bonds is 5. The first-order chi connectivity index (χ1) is 7.70. The number of likely N-dealkylation sites (tertiary alicyclic amines) is 1. The normalized spacial score (nSPS) is 24.6. The molecule has 1 heterocycles. The van der Waals surface area contributed by atoms with E-state index in [1.165, 1.54) is 0 Å². The SMILES string of the molecule is C=CCCC(=O)N[C@@H]1CC(=O)N(C2CC2)C1. The van der Waals surface area contributed by atoms with Gasteiger partial charge in [-0.25, -0.2) is 0 Å². The maximum atomic E-state index is 11.6. The predicted molar refractivity (Wildman–Crippen MR) is 60.7 cm³/mol. The molecule has 1 N–H and O–H groups in total. The van der Waals surface area contributed by atoms with Crippen molar-refractivity contribution in [1.29, 1.82) is 0 Å². The van der Waals surface area contributed by atoms with Crippen LogP contribution in [0.2, 0.25) is 0 Å². The molecule has 0 bridgehead atoms. The Hall–Kier alpha value is -1.32. The molecule has 1 aliphatic heterocycles. The van der Waals surface area contributed by atoms with Crippen molar-refractivity contribution in [3.8, 4) is 0 Å². The zero-order valence-electron chi connectivity index (χ0n) is 9.45. The summed E-state index contributed by atoms with van der Waals surface area (Å²) in [5.41, 5.74) is 0. The Balaban J connectivity index is 1.76. The molecule has 16 heavy (non-hydrogen) atoms. The van der Waals surface area contributed by atoms with Gasteiger partial charge in [-0.15, -0.1) is 6.58 Å². The molecule has 2 amide bonds. The summed E-state index contributed by atoms with van der Waals surface area (Å²) < 4.78 is 0. The van der Waals surface area contributed by atoms with Gasteiger partial charge in [-0.1, -0.05) is 6.08 Å². The first-order valence-corrected chi connectivity index (χ1v) is 5.90. The van der Waals surface area contributed by atoms with Crippen LogP contribution in [0, 0.1) is 0 Å². The van der Waals surface area contributed by atoms with Gasteiger partial charge in [-0.05, 0) is 19.3 Å². The lowest BCUT2D eigenvalue weighted by atomic mass is 10.2. The second-order valence-corrected chi connectivity index (χ2v) is 4.57. The third kappa shape index (κ3) is 2.62. The Labute approximate surface area is 95.7 Å². The monoisotopic (exact) mass is 222 g/mol. The lowest BCUT2D eigenvalue weighted by molar-refractivity contribution is -0.128. The Morgan fingerprint density at radius 2 is 2.31 bits per heavy atom. The molecule has 1 atom stereocenters. The van der Waals surface area contributed by atoms with Gasteiger partial charge in [-0.2, -0.15) is 0 Å². The molecule has 1 saturated heterocycles. The molecule has 2 fully saturated rings. The van der Waals surface area contributed by atoms with Crippen LogP contribution in [0.1, 0.15) is 32.1 Å². The topological polar surface area (TPSA) is 49.4 Å². The predicted octanol–water partition coefficient (Wildman–Crippen LogP) is 0.832. The molecule has 4 heteroatoms. The van der Waals surface area contributed by atoms with E-state index in [4.69, 9.17) is 0 Å². The number of allylic oxidation sites excluding steroid dienone is 1. The fourth-order valence-corrected chi connectivity index (χ4v) is 2.10. The van der Waals surface area contributed by atoms with Gasteiger partial charge >= 0.3 is 0 Å². The Kier molecular flexibility index (Phi) is 3.27. The third-order valence-corrected chi connectivity index (χ3v) is 3.09. The first-order valence-electron chi connectivity index (χ1n) is 5.90. The molecule has 0 radical (unpaired) electrons. The van der Waals surface area contributed by atoms with E-state index in [0.29, 0.717) is 31.8 Å². The molecular weight excluding hydrogens is 204 g/mol. The summed E-state index contributed by atoms with van der Waals surface area (Å²) in [5.74, 6) is 0.215. The number of nitrogens with zero attached hydrogens (tertiary/aromatic N) is 1. The summed E-state index contributed by atoms with van der Waals surface area (Å²) in [5, 5.41) is 2.91. The summed E-state index contributed by atoms with van der Waals surface area (Å²) in [6.45, 7) is 4.28. The van der Waals surface area contributed by atoms with Crippen LogP contribution in [0.4, 0.5) is 0 Å². The lowest BCUT2D eigenvalue weighted by Gasteiger charge is -2.15. The van der Waals surface area contributed by atoms with Crippen molar-refractivity contribution >= 4 is 11.8 Å². The van der Waals surface area contributed by atoms with Crippen molar-refractivity contribution < 1.29 is 9.59 Å². The highest BCUT2D eigenvalue weighted by Gasteiger charge is 2.39. The molecule has 0 aromatic rings. The van der Waals surface area contributed by atoms with Crippen molar-refractivity contribution in [2.45, 2.75) is 44.2 Å². The molecule has 2 rings (SSSR count). The Morgan fingerprint density at radius 1 is 1.56 bits per heavy atom. The van der Waals surface area contributed by atoms with Crippen LogP contribution in [0.3, 0.4) is 0 Å². The standard InChI is InChI=1S/C12H18N2O2/c1-2-3-4-11(15)13-9-7-12(16)14(8-9)10-5-6-10/h2,9-10H,1,3-8H2,(H,13,15)/t9-/m1/s1. The van der Waals surface area contributed by atoms with Crippen LogP contribution in [0.15, 0.2) is 12.7 Å². The highest BCUT2D eigenvalue weighted by atomic mass is 16.2. The first kappa shape index (κ1) is 11.2. The van der Waals surface area contributed by atoms with E-state index in [2.05, 4.69) is 11.9 Å². The molecule has 4 nitrogen and oxygen atoms in total. The summed E-state index contributed by atoms with van der Waals surface area (Å²) in [6, 6.07) is 0.480. The molecule has 1 saturated carbocycles. The molecule has 88 valence electrons. The second kappa shape index (κ2) is 4.68. The molecule has 0 unspecified atom stereocenters. The maximum absolute atomic E-state index is 11.6. The fourth-order valence-electron chi connectivity index (χ4n) is 2.10. The average Bonchev–Trinajstić information content (AvgIpc) is 3.01. The molecule has 0 aromatic carbocycles. The largest absolute Gasteiger partial charge is 0.351 e. The molecule has 1 aliphatic carbocycles. The van der Waals surface area contributed by atoms with Gasteiger partial charge in [0.25, 0.3) is 0 Å². The molecular formula is C12H18N2O2. The number of carbonyl (C=O) groups excluding carboxylic acids is 2. The van der Waals surface area contributed by atoms with E-state index in [0.717, 1.165) is 12.8 Å². The maximum Gasteiger partial charge on any atom is 0.225 e. The van der Waals surface area contributed by atoms with E-state index >= 15 is 0 Å². The summed E-state index contributed by atoms with van der Waals surface area (Å²) in [4.78, 5) is 25.0.